The number of thiophene rings is 1. The van der Waals surface area contributed by atoms with E-state index in [2.05, 4.69) is 176 Å². The van der Waals surface area contributed by atoms with Gasteiger partial charge in [-0.2, -0.15) is 0 Å². The van der Waals surface area contributed by atoms with E-state index >= 15 is 0 Å². The van der Waals surface area contributed by atoms with E-state index in [4.69, 9.17) is 4.42 Å². The molecule has 3 heteroatoms. The summed E-state index contributed by atoms with van der Waals surface area (Å²) >= 11 is 1.86. The maximum atomic E-state index is 6.32. The summed E-state index contributed by atoms with van der Waals surface area (Å²) in [7, 11) is 0. The number of fused-ring (bicyclic) bond motifs is 10. The predicted molar refractivity (Wildman–Crippen MR) is 222 cm³/mol. The van der Waals surface area contributed by atoms with Crippen LogP contribution in [0.5, 0.6) is 0 Å². The van der Waals surface area contributed by atoms with Gasteiger partial charge < -0.3 is 9.32 Å². The number of furan rings is 1. The van der Waals surface area contributed by atoms with Gasteiger partial charge in [0.15, 0.2) is 0 Å². The molecule has 2 nitrogen and oxygen atoms in total. The zero-order chi connectivity index (χ0) is 34.6. The van der Waals surface area contributed by atoms with Crippen LogP contribution >= 0.6 is 11.3 Å². The summed E-state index contributed by atoms with van der Waals surface area (Å²) < 4.78 is 8.95. The summed E-state index contributed by atoms with van der Waals surface area (Å²) in [5, 5.41) is 7.29. The van der Waals surface area contributed by atoms with E-state index in [0.29, 0.717) is 0 Å². The molecule has 0 atom stereocenters. The van der Waals surface area contributed by atoms with Gasteiger partial charge in [0.2, 0.25) is 0 Å². The minimum atomic E-state index is -0.129. The third kappa shape index (κ3) is 4.23. The Balaban J connectivity index is 1.21. The van der Waals surface area contributed by atoms with E-state index in [1.54, 1.807) is 0 Å². The summed E-state index contributed by atoms with van der Waals surface area (Å²) in [5.74, 6) is 0. The maximum absolute atomic E-state index is 6.32. The fourth-order valence-electron chi connectivity index (χ4n) is 8.74. The van der Waals surface area contributed by atoms with Crippen LogP contribution in [0.15, 0.2) is 168 Å². The lowest BCUT2D eigenvalue weighted by atomic mass is 9.82. The highest BCUT2D eigenvalue weighted by molar-refractivity contribution is 7.25. The van der Waals surface area contributed by atoms with Gasteiger partial charge in [-0.25, -0.2) is 0 Å². The molecule has 0 N–H and O–H groups in total. The van der Waals surface area contributed by atoms with Crippen molar-refractivity contribution >= 4 is 81.3 Å². The number of rotatable bonds is 4. The van der Waals surface area contributed by atoms with Crippen molar-refractivity contribution in [3.8, 4) is 22.3 Å². The zero-order valence-electron chi connectivity index (χ0n) is 28.9. The van der Waals surface area contributed by atoms with Gasteiger partial charge in [-0.15, -0.1) is 11.3 Å². The first-order valence-electron chi connectivity index (χ1n) is 17.9. The topological polar surface area (TPSA) is 16.4 Å². The Labute approximate surface area is 305 Å². The Kier molecular flexibility index (Phi) is 6.21. The number of hydrogen-bond donors (Lipinski definition) is 0. The Bertz CT molecular complexity index is 3070. The normalized spacial score (nSPS) is 13.3. The van der Waals surface area contributed by atoms with E-state index in [-0.39, 0.29) is 5.41 Å². The van der Waals surface area contributed by atoms with E-state index in [0.717, 1.165) is 39.0 Å². The Morgan fingerprint density at radius 3 is 2.10 bits per heavy atom. The molecule has 246 valence electrons. The van der Waals surface area contributed by atoms with E-state index in [9.17, 15) is 0 Å². The van der Waals surface area contributed by atoms with Crippen molar-refractivity contribution in [3.05, 3.63) is 175 Å². The number of benzene rings is 8. The van der Waals surface area contributed by atoms with Crippen molar-refractivity contribution in [2.75, 3.05) is 4.90 Å². The number of anilines is 3. The molecule has 0 amide bonds. The van der Waals surface area contributed by atoms with Crippen molar-refractivity contribution in [2.24, 2.45) is 0 Å². The lowest BCUT2D eigenvalue weighted by Crippen LogP contribution is -2.17. The van der Waals surface area contributed by atoms with Gasteiger partial charge in [-0.05, 0) is 99.3 Å². The lowest BCUT2D eigenvalue weighted by molar-refractivity contribution is 0.660. The van der Waals surface area contributed by atoms with Crippen molar-refractivity contribution in [1.29, 1.82) is 0 Å². The Morgan fingerprint density at radius 2 is 1.17 bits per heavy atom. The predicted octanol–water partition coefficient (Wildman–Crippen LogP) is 14.6. The van der Waals surface area contributed by atoms with Crippen molar-refractivity contribution in [1.82, 2.24) is 0 Å². The monoisotopic (exact) mass is 683 g/mol. The molecule has 0 spiro atoms. The van der Waals surface area contributed by atoms with E-state index < -0.39 is 0 Å². The van der Waals surface area contributed by atoms with Gasteiger partial charge in [0, 0.05) is 53.3 Å². The smallest absolute Gasteiger partial charge is 0.135 e. The first-order valence-corrected chi connectivity index (χ1v) is 18.7. The average Bonchev–Trinajstić information content (AvgIpc) is 3.82. The second-order valence-electron chi connectivity index (χ2n) is 14.5. The molecule has 11 rings (SSSR count). The molecule has 0 radical (unpaired) electrons. The van der Waals surface area contributed by atoms with Gasteiger partial charge in [0.05, 0.1) is 5.69 Å². The molecule has 52 heavy (non-hydrogen) atoms. The molecule has 0 saturated carbocycles. The molecule has 0 aliphatic heterocycles. The Morgan fingerprint density at radius 1 is 0.481 bits per heavy atom. The fraction of sp³-hybridized carbons (Fsp3) is 0.0612. The van der Waals surface area contributed by atoms with Crippen LogP contribution in [0.4, 0.5) is 17.1 Å². The van der Waals surface area contributed by atoms with Crippen LogP contribution in [0.25, 0.3) is 75.1 Å². The molecule has 10 aromatic rings. The summed E-state index contributed by atoms with van der Waals surface area (Å²) in [6, 6.07) is 60.2. The molecule has 0 bridgehead atoms. The first-order chi connectivity index (χ1) is 25.5. The minimum Gasteiger partial charge on any atom is -0.456 e. The molecule has 1 aliphatic rings. The quantitative estimate of drug-likeness (QED) is 0.184. The van der Waals surface area contributed by atoms with Crippen LogP contribution in [0.2, 0.25) is 0 Å². The number of nitrogens with zero attached hydrogens (tertiary/aromatic N) is 1. The second-order valence-corrected chi connectivity index (χ2v) is 15.6. The molecule has 2 aromatic heterocycles. The van der Waals surface area contributed by atoms with Crippen molar-refractivity contribution in [2.45, 2.75) is 19.3 Å². The van der Waals surface area contributed by atoms with Gasteiger partial charge >= 0.3 is 0 Å². The fourth-order valence-corrected chi connectivity index (χ4v) is 9.83. The van der Waals surface area contributed by atoms with Crippen LogP contribution in [0, 0.1) is 0 Å². The largest absolute Gasteiger partial charge is 0.456 e. The highest BCUT2D eigenvalue weighted by Gasteiger charge is 2.36. The second kappa shape index (κ2) is 10.9. The molecule has 0 fully saturated rings. The average molecular weight is 684 g/mol. The third-order valence-corrected chi connectivity index (χ3v) is 12.4. The van der Waals surface area contributed by atoms with Crippen molar-refractivity contribution < 1.29 is 4.42 Å². The summed E-state index contributed by atoms with van der Waals surface area (Å²) in [6.07, 6.45) is 0. The highest BCUT2D eigenvalue weighted by Crippen LogP contribution is 2.52. The zero-order valence-corrected chi connectivity index (χ0v) is 29.7. The number of para-hydroxylation sites is 1. The van der Waals surface area contributed by atoms with Crippen LogP contribution in [0.3, 0.4) is 0 Å². The standard InChI is InChI=1S/C49H33NOS/c1-49(2)41-16-8-5-13-35(41)36-23-21-33(29-42(36)49)50(32-22-25-45-39(28-32)37-14-6-9-17-44(37)51-45)43-24-19-30-11-3-4-12-34(30)48(43)31-20-26-47-40(27-31)38-15-7-10-18-46(38)52-47/h3-29H,1-2H3. The Hall–Kier alpha value is -6.16. The molecule has 2 heterocycles. The highest BCUT2D eigenvalue weighted by atomic mass is 32.1. The molecule has 0 unspecified atom stereocenters. The SMILES string of the molecule is CC1(C)c2ccccc2-c2ccc(N(c3ccc4oc5ccccc5c4c3)c3ccc4ccccc4c3-c3ccc4sc5ccccc5c4c3)cc21. The summed E-state index contributed by atoms with van der Waals surface area (Å²) in [6.45, 7) is 4.72. The third-order valence-electron chi connectivity index (χ3n) is 11.3. The van der Waals surface area contributed by atoms with Crippen LogP contribution in [0.1, 0.15) is 25.0 Å². The molecule has 0 saturated heterocycles. The molecule has 8 aromatic carbocycles. The first kappa shape index (κ1) is 29.6. The van der Waals surface area contributed by atoms with Crippen LogP contribution < -0.4 is 4.90 Å². The van der Waals surface area contributed by atoms with Crippen LogP contribution in [-0.4, -0.2) is 0 Å². The van der Waals surface area contributed by atoms with Gasteiger partial charge in [0.25, 0.3) is 0 Å². The van der Waals surface area contributed by atoms with Gasteiger partial charge in [-0.1, -0.05) is 117 Å². The minimum absolute atomic E-state index is 0.129. The molecular weight excluding hydrogens is 651 g/mol. The maximum Gasteiger partial charge on any atom is 0.135 e. The summed E-state index contributed by atoms with van der Waals surface area (Å²) in [5.41, 5.74) is 12.8. The summed E-state index contributed by atoms with van der Waals surface area (Å²) in [4.78, 5) is 2.47. The van der Waals surface area contributed by atoms with Gasteiger partial charge in [0.1, 0.15) is 11.2 Å². The van der Waals surface area contributed by atoms with Crippen molar-refractivity contribution in [3.63, 3.8) is 0 Å². The lowest BCUT2D eigenvalue weighted by Gasteiger charge is -2.30. The van der Waals surface area contributed by atoms with E-state index in [1.807, 2.05) is 17.4 Å². The molecular formula is C49H33NOS. The van der Waals surface area contributed by atoms with E-state index in [1.165, 1.54) is 64.3 Å². The number of hydrogen-bond acceptors (Lipinski definition) is 3. The molecule has 1 aliphatic carbocycles. The van der Waals surface area contributed by atoms with Gasteiger partial charge in [-0.3, -0.25) is 0 Å². The van der Waals surface area contributed by atoms with Crippen LogP contribution in [-0.2, 0) is 5.41 Å².